The van der Waals surface area contributed by atoms with Crippen LogP contribution in [-0.4, -0.2) is 23.6 Å². The van der Waals surface area contributed by atoms with Gasteiger partial charge >= 0.3 is 0 Å². The summed E-state index contributed by atoms with van der Waals surface area (Å²) in [6, 6.07) is 3.76. The van der Waals surface area contributed by atoms with E-state index in [9.17, 15) is 0 Å². The third-order valence-electron chi connectivity index (χ3n) is 4.41. The second-order valence-electron chi connectivity index (χ2n) is 6.01. The van der Waals surface area contributed by atoms with Crippen LogP contribution in [0.2, 0.25) is 0 Å². The van der Waals surface area contributed by atoms with Crippen LogP contribution >= 0.6 is 0 Å². The average Bonchev–Trinajstić information content (AvgIpc) is 3.12. The molecule has 0 amide bonds. The largest absolute Gasteiger partial charge is 0.368 e. The van der Waals surface area contributed by atoms with Gasteiger partial charge in [-0.3, -0.25) is 4.98 Å². The Hall–Kier alpha value is -1.09. The molecule has 1 N–H and O–H groups in total. The highest BCUT2D eigenvalue weighted by molar-refractivity contribution is 5.55. The number of hydrogen-bond donors (Lipinski definition) is 1. The zero-order chi connectivity index (χ0) is 13.2. The minimum atomic E-state index is 0.724. The van der Waals surface area contributed by atoms with Crippen LogP contribution in [0.25, 0.3) is 0 Å². The van der Waals surface area contributed by atoms with Gasteiger partial charge in [0, 0.05) is 48.3 Å². The molecular weight excluding hydrogens is 234 g/mol. The predicted octanol–water partition coefficient (Wildman–Crippen LogP) is 3.02. The van der Waals surface area contributed by atoms with Gasteiger partial charge in [0.2, 0.25) is 0 Å². The van der Waals surface area contributed by atoms with E-state index in [4.69, 9.17) is 0 Å². The molecule has 2 aliphatic rings. The summed E-state index contributed by atoms with van der Waals surface area (Å²) < 4.78 is 0. The molecule has 2 fully saturated rings. The van der Waals surface area contributed by atoms with Crippen LogP contribution in [0.1, 0.15) is 50.3 Å². The summed E-state index contributed by atoms with van der Waals surface area (Å²) in [5.41, 5.74) is 3.93. The first kappa shape index (κ1) is 12.9. The molecule has 1 aromatic rings. The fourth-order valence-corrected chi connectivity index (χ4v) is 3.10. The number of nitrogens with zero attached hydrogens (tertiary/aromatic N) is 2. The topological polar surface area (TPSA) is 28.2 Å². The Labute approximate surface area is 116 Å². The number of rotatable bonds is 5. The van der Waals surface area contributed by atoms with E-state index in [-0.39, 0.29) is 0 Å². The van der Waals surface area contributed by atoms with Crippen LogP contribution in [-0.2, 0) is 6.54 Å². The molecule has 3 rings (SSSR count). The molecule has 2 heterocycles. The van der Waals surface area contributed by atoms with Crippen molar-refractivity contribution in [3.05, 3.63) is 23.5 Å². The number of pyridine rings is 1. The Morgan fingerprint density at radius 2 is 2.21 bits per heavy atom. The molecule has 0 spiro atoms. The lowest BCUT2D eigenvalue weighted by Gasteiger charge is -2.28. The fourth-order valence-electron chi connectivity index (χ4n) is 3.10. The molecular formula is C16H25N3. The molecule has 1 saturated carbocycles. The van der Waals surface area contributed by atoms with Gasteiger partial charge in [-0.25, -0.2) is 0 Å². The summed E-state index contributed by atoms with van der Waals surface area (Å²) in [4.78, 5) is 7.10. The van der Waals surface area contributed by atoms with E-state index in [1.165, 1.54) is 49.9 Å². The molecule has 104 valence electrons. The van der Waals surface area contributed by atoms with Crippen LogP contribution in [0.4, 0.5) is 5.69 Å². The number of anilines is 1. The first-order valence-corrected chi connectivity index (χ1v) is 7.73. The first-order valence-electron chi connectivity index (χ1n) is 7.73. The number of aryl methyl sites for hydroxylation is 1. The Morgan fingerprint density at radius 1 is 1.37 bits per heavy atom. The molecule has 0 bridgehead atoms. The van der Waals surface area contributed by atoms with Crippen molar-refractivity contribution in [2.45, 2.75) is 64.6 Å². The van der Waals surface area contributed by atoms with E-state index in [1.54, 1.807) is 0 Å². The van der Waals surface area contributed by atoms with E-state index in [0.717, 1.165) is 24.3 Å². The lowest BCUT2D eigenvalue weighted by molar-refractivity contribution is 0.636. The van der Waals surface area contributed by atoms with Crippen molar-refractivity contribution in [3.63, 3.8) is 0 Å². The maximum Gasteiger partial charge on any atom is 0.0448 e. The van der Waals surface area contributed by atoms with Gasteiger partial charge in [-0.05, 0) is 45.1 Å². The minimum absolute atomic E-state index is 0.724. The van der Waals surface area contributed by atoms with Crippen molar-refractivity contribution in [1.29, 1.82) is 0 Å². The van der Waals surface area contributed by atoms with E-state index >= 15 is 0 Å². The Bertz CT molecular complexity index is 440. The second-order valence-corrected chi connectivity index (χ2v) is 6.01. The maximum absolute atomic E-state index is 4.49. The van der Waals surface area contributed by atoms with Crippen molar-refractivity contribution in [2.24, 2.45) is 0 Å². The van der Waals surface area contributed by atoms with Gasteiger partial charge in [-0.1, -0.05) is 6.92 Å². The number of nitrogens with one attached hydrogen (secondary N) is 1. The summed E-state index contributed by atoms with van der Waals surface area (Å²) in [5.74, 6) is 0. The summed E-state index contributed by atoms with van der Waals surface area (Å²) in [7, 11) is 0. The van der Waals surface area contributed by atoms with E-state index in [2.05, 4.69) is 41.3 Å². The van der Waals surface area contributed by atoms with Gasteiger partial charge in [-0.15, -0.1) is 0 Å². The molecule has 1 aliphatic carbocycles. The minimum Gasteiger partial charge on any atom is -0.368 e. The molecule has 0 aromatic carbocycles. The van der Waals surface area contributed by atoms with E-state index < -0.39 is 0 Å². The van der Waals surface area contributed by atoms with Crippen LogP contribution in [0.3, 0.4) is 0 Å². The molecule has 1 atom stereocenters. The van der Waals surface area contributed by atoms with Crippen LogP contribution < -0.4 is 10.2 Å². The highest BCUT2D eigenvalue weighted by atomic mass is 15.2. The third-order valence-corrected chi connectivity index (χ3v) is 4.41. The summed E-state index contributed by atoms with van der Waals surface area (Å²) in [6.45, 7) is 6.58. The zero-order valence-electron chi connectivity index (χ0n) is 12.2. The van der Waals surface area contributed by atoms with Gasteiger partial charge in [-0.2, -0.15) is 0 Å². The van der Waals surface area contributed by atoms with E-state index in [1.807, 2.05) is 0 Å². The molecule has 19 heavy (non-hydrogen) atoms. The molecule has 3 nitrogen and oxygen atoms in total. The monoisotopic (exact) mass is 259 g/mol. The van der Waals surface area contributed by atoms with Crippen LogP contribution in [0, 0.1) is 6.92 Å². The maximum atomic E-state index is 4.49. The predicted molar refractivity (Wildman–Crippen MR) is 79.5 cm³/mol. The van der Waals surface area contributed by atoms with Crippen LogP contribution in [0.15, 0.2) is 12.3 Å². The highest BCUT2D eigenvalue weighted by Gasteiger charge is 2.26. The zero-order valence-corrected chi connectivity index (χ0v) is 12.2. The van der Waals surface area contributed by atoms with Crippen molar-refractivity contribution < 1.29 is 0 Å². The number of hydrogen-bond acceptors (Lipinski definition) is 3. The Kier molecular flexibility index (Phi) is 3.74. The normalized spacial score (nSPS) is 23.1. The lowest BCUT2D eigenvalue weighted by atomic mass is 10.1. The van der Waals surface area contributed by atoms with Gasteiger partial charge < -0.3 is 10.2 Å². The smallest absolute Gasteiger partial charge is 0.0448 e. The quantitative estimate of drug-likeness (QED) is 0.881. The third kappa shape index (κ3) is 2.92. The average molecular weight is 259 g/mol. The molecule has 1 aromatic heterocycles. The van der Waals surface area contributed by atoms with Crippen molar-refractivity contribution in [3.8, 4) is 0 Å². The van der Waals surface area contributed by atoms with Gasteiger partial charge in [0.05, 0.1) is 0 Å². The summed E-state index contributed by atoms with van der Waals surface area (Å²) >= 11 is 0. The van der Waals surface area contributed by atoms with Gasteiger partial charge in [0.25, 0.3) is 0 Å². The van der Waals surface area contributed by atoms with Gasteiger partial charge in [0.15, 0.2) is 0 Å². The molecule has 0 radical (unpaired) electrons. The molecule has 1 unspecified atom stereocenters. The molecule has 3 heteroatoms. The fraction of sp³-hybridized carbons (Fsp3) is 0.688. The van der Waals surface area contributed by atoms with Crippen LogP contribution in [0.5, 0.6) is 0 Å². The second kappa shape index (κ2) is 5.49. The Balaban J connectivity index is 1.81. The lowest BCUT2D eigenvalue weighted by Crippen LogP contribution is -2.30. The van der Waals surface area contributed by atoms with Crippen molar-refractivity contribution in [2.75, 3.05) is 11.4 Å². The molecule has 1 aliphatic heterocycles. The SMILES string of the molecule is CCC1CCCN1c1cc(C)ncc1CNC1CC1. The van der Waals surface area contributed by atoms with Crippen molar-refractivity contribution in [1.82, 2.24) is 10.3 Å². The summed E-state index contributed by atoms with van der Waals surface area (Å²) in [6.07, 6.45) is 8.68. The standard InChI is InChI=1S/C16H25N3/c1-3-15-5-4-8-19(15)16-9-12(2)17-10-13(16)11-18-14-6-7-14/h9-10,14-15,18H,3-8,11H2,1-2H3. The Morgan fingerprint density at radius 3 is 2.95 bits per heavy atom. The highest BCUT2D eigenvalue weighted by Crippen LogP contribution is 2.31. The molecule has 1 saturated heterocycles. The summed E-state index contributed by atoms with van der Waals surface area (Å²) in [5, 5.41) is 3.62. The van der Waals surface area contributed by atoms with E-state index in [0.29, 0.717) is 0 Å². The first-order chi connectivity index (χ1) is 9.28. The van der Waals surface area contributed by atoms with Gasteiger partial charge in [0.1, 0.15) is 0 Å². The van der Waals surface area contributed by atoms with Crippen molar-refractivity contribution >= 4 is 5.69 Å². The number of aromatic nitrogens is 1.